The number of amides is 2. The number of aromatic nitrogens is 2. The van der Waals surface area contributed by atoms with Gasteiger partial charge in [-0.25, -0.2) is 0 Å². The third-order valence-corrected chi connectivity index (χ3v) is 8.70. The average molecular weight is 755 g/mol. The minimum Gasteiger partial charge on any atom is -0.456 e. The van der Waals surface area contributed by atoms with Gasteiger partial charge in [0.2, 0.25) is 0 Å². The number of primary amides is 2. The molecule has 0 bridgehead atoms. The van der Waals surface area contributed by atoms with Gasteiger partial charge in [0, 0.05) is 55.8 Å². The number of pyridine rings is 2. The topological polar surface area (TPSA) is 154 Å². The lowest BCUT2D eigenvalue weighted by Crippen LogP contribution is -2.16. The van der Waals surface area contributed by atoms with E-state index in [1.54, 1.807) is 47.9 Å². The van der Waals surface area contributed by atoms with Gasteiger partial charge in [0.1, 0.15) is 34.1 Å². The Morgan fingerprint density at radius 1 is 0.667 bits per heavy atom. The Morgan fingerprint density at radius 2 is 1.20 bits per heavy atom. The van der Waals surface area contributed by atoms with Crippen LogP contribution in [-0.2, 0) is 32.2 Å². The van der Waals surface area contributed by atoms with E-state index < -0.39 is 23.6 Å². The highest BCUT2D eigenvalue weighted by molar-refractivity contribution is 7.09. The largest absolute Gasteiger partial charge is 0.456 e. The van der Waals surface area contributed by atoms with Crippen molar-refractivity contribution in [3.63, 3.8) is 0 Å². The molecule has 0 aliphatic heterocycles. The summed E-state index contributed by atoms with van der Waals surface area (Å²) in [5.74, 6) is 0.682. The van der Waals surface area contributed by atoms with E-state index in [9.17, 15) is 22.8 Å². The third kappa shape index (κ3) is 12.0. The van der Waals surface area contributed by atoms with E-state index in [0.717, 1.165) is 37.2 Å². The van der Waals surface area contributed by atoms with E-state index in [-0.39, 0.29) is 11.1 Å². The molecule has 0 spiro atoms. The lowest BCUT2D eigenvalue weighted by atomic mass is 10.1. The van der Waals surface area contributed by atoms with Gasteiger partial charge < -0.3 is 31.6 Å². The SMILES string of the molecule is NC(=O)c1cnccc1Oc1ccc(CNCCc2cccs2)cc1.NC(=O)c1cnccc1Oc1ccc(CNCc2cccc(C(F)(F)F)c2)cc1. The highest BCUT2D eigenvalue weighted by Gasteiger charge is 2.30. The molecule has 0 aliphatic carbocycles. The number of carbonyl (C=O) groups excluding carboxylic acids is 2. The molecule has 0 saturated carbocycles. The Balaban J connectivity index is 0.000000210. The molecule has 6 aromatic rings. The van der Waals surface area contributed by atoms with Crippen LogP contribution in [0.25, 0.3) is 0 Å². The first-order chi connectivity index (χ1) is 26.0. The summed E-state index contributed by atoms with van der Waals surface area (Å²) in [6.45, 7) is 2.52. The zero-order valence-electron chi connectivity index (χ0n) is 28.9. The van der Waals surface area contributed by atoms with Gasteiger partial charge in [0.15, 0.2) is 0 Å². The zero-order chi connectivity index (χ0) is 38.3. The molecular formula is C40H37F3N6O4S. The van der Waals surface area contributed by atoms with Gasteiger partial charge in [-0.3, -0.25) is 19.6 Å². The number of hydrogen-bond acceptors (Lipinski definition) is 9. The number of halogens is 3. The number of nitrogens with zero attached hydrogens (tertiary/aromatic N) is 2. The van der Waals surface area contributed by atoms with Gasteiger partial charge in [-0.1, -0.05) is 48.5 Å². The fourth-order valence-corrected chi connectivity index (χ4v) is 5.73. The minimum absolute atomic E-state index is 0.180. The smallest absolute Gasteiger partial charge is 0.416 e. The molecule has 3 heterocycles. The monoisotopic (exact) mass is 754 g/mol. The Morgan fingerprint density at radius 3 is 1.70 bits per heavy atom. The van der Waals surface area contributed by atoms with Gasteiger partial charge >= 0.3 is 6.18 Å². The van der Waals surface area contributed by atoms with Crippen molar-refractivity contribution >= 4 is 23.2 Å². The average Bonchev–Trinajstić information content (AvgIpc) is 3.69. The molecule has 278 valence electrons. The predicted molar refractivity (Wildman–Crippen MR) is 200 cm³/mol. The van der Waals surface area contributed by atoms with Crippen LogP contribution in [0.1, 0.15) is 47.8 Å². The van der Waals surface area contributed by atoms with Gasteiger partial charge in [-0.15, -0.1) is 11.3 Å². The van der Waals surface area contributed by atoms with Crippen molar-refractivity contribution in [2.75, 3.05) is 6.54 Å². The number of hydrogen-bond donors (Lipinski definition) is 4. The van der Waals surface area contributed by atoms with Crippen LogP contribution in [0.4, 0.5) is 13.2 Å². The number of ether oxygens (including phenoxy) is 2. The van der Waals surface area contributed by atoms with Crippen LogP contribution in [-0.4, -0.2) is 28.3 Å². The maximum atomic E-state index is 12.8. The molecule has 2 amide bonds. The molecular weight excluding hydrogens is 718 g/mol. The fourth-order valence-electron chi connectivity index (χ4n) is 5.02. The molecule has 14 heteroatoms. The quantitative estimate of drug-likeness (QED) is 0.0780. The third-order valence-electron chi connectivity index (χ3n) is 7.77. The number of alkyl halides is 3. The number of nitrogens with two attached hydrogens (primary N) is 2. The first-order valence-corrected chi connectivity index (χ1v) is 17.5. The Labute approximate surface area is 314 Å². The molecule has 54 heavy (non-hydrogen) atoms. The maximum Gasteiger partial charge on any atom is 0.416 e. The highest BCUT2D eigenvalue weighted by Crippen LogP contribution is 2.30. The summed E-state index contributed by atoms with van der Waals surface area (Å²) in [7, 11) is 0. The Hall–Kier alpha value is -6.09. The second-order valence-corrected chi connectivity index (χ2v) is 12.8. The van der Waals surface area contributed by atoms with Crippen molar-refractivity contribution in [1.29, 1.82) is 0 Å². The van der Waals surface area contributed by atoms with E-state index in [0.29, 0.717) is 41.7 Å². The van der Waals surface area contributed by atoms with Gasteiger partial charge in [-0.2, -0.15) is 13.2 Å². The number of nitrogens with one attached hydrogen (secondary N) is 2. The molecule has 0 saturated heterocycles. The molecule has 10 nitrogen and oxygen atoms in total. The standard InChI is InChI=1S/C21H18F3N3O2.C19H19N3O2S/c22-21(23,24)16-3-1-2-15(10-16)12-27-11-14-4-6-17(7-5-14)29-19-8-9-26-13-18(19)20(25)28;20-19(23)17-13-22-10-8-18(17)24-15-5-3-14(4-6-15)12-21-9-7-16-2-1-11-25-16/h1-10,13,27H,11-12H2,(H2,25,28);1-6,8,10-11,13,21H,7,9,12H2,(H2,20,23). The molecule has 0 radical (unpaired) electrons. The molecule has 3 aromatic heterocycles. The highest BCUT2D eigenvalue weighted by atomic mass is 32.1. The second kappa shape index (κ2) is 19.1. The first kappa shape index (κ1) is 39.1. The summed E-state index contributed by atoms with van der Waals surface area (Å²) in [6.07, 6.45) is 2.49. The lowest BCUT2D eigenvalue weighted by Gasteiger charge is -2.11. The second-order valence-electron chi connectivity index (χ2n) is 11.8. The van der Waals surface area contributed by atoms with Crippen molar-refractivity contribution in [3.8, 4) is 23.0 Å². The summed E-state index contributed by atoms with van der Waals surface area (Å²) in [5.41, 5.74) is 13.1. The molecule has 0 fully saturated rings. The molecule has 0 unspecified atom stereocenters. The number of thiophene rings is 1. The fraction of sp³-hybridized carbons (Fsp3) is 0.150. The lowest BCUT2D eigenvalue weighted by molar-refractivity contribution is -0.137. The Bertz CT molecular complexity index is 2110. The van der Waals surface area contributed by atoms with E-state index in [2.05, 4.69) is 38.1 Å². The number of benzene rings is 3. The minimum atomic E-state index is -4.35. The van der Waals surface area contributed by atoms with Crippen LogP contribution in [0.2, 0.25) is 0 Å². The van der Waals surface area contributed by atoms with Crippen LogP contribution in [0, 0.1) is 0 Å². The van der Waals surface area contributed by atoms with Gasteiger partial charge in [0.05, 0.1) is 5.56 Å². The van der Waals surface area contributed by atoms with E-state index >= 15 is 0 Å². The molecule has 6 N–H and O–H groups in total. The van der Waals surface area contributed by atoms with Crippen molar-refractivity contribution < 1.29 is 32.2 Å². The van der Waals surface area contributed by atoms with Crippen molar-refractivity contribution in [2.45, 2.75) is 32.2 Å². The number of carbonyl (C=O) groups is 2. The van der Waals surface area contributed by atoms with Crippen molar-refractivity contribution in [1.82, 2.24) is 20.6 Å². The van der Waals surface area contributed by atoms with E-state index in [4.69, 9.17) is 20.9 Å². The predicted octanol–water partition coefficient (Wildman–Crippen LogP) is 7.65. The molecule has 0 atom stereocenters. The van der Waals surface area contributed by atoms with Gasteiger partial charge in [-0.05, 0) is 77.0 Å². The first-order valence-electron chi connectivity index (χ1n) is 16.7. The Kier molecular flexibility index (Phi) is 13.9. The molecule has 0 aliphatic rings. The molecule has 6 rings (SSSR count). The van der Waals surface area contributed by atoms with E-state index in [1.807, 2.05) is 36.4 Å². The van der Waals surface area contributed by atoms with Crippen LogP contribution >= 0.6 is 11.3 Å². The summed E-state index contributed by atoms with van der Waals surface area (Å²) in [5, 5.41) is 8.64. The van der Waals surface area contributed by atoms with E-state index in [1.165, 1.54) is 35.1 Å². The maximum absolute atomic E-state index is 12.8. The zero-order valence-corrected chi connectivity index (χ0v) is 29.7. The summed E-state index contributed by atoms with van der Waals surface area (Å²) in [6, 6.07) is 27.5. The summed E-state index contributed by atoms with van der Waals surface area (Å²) in [4.78, 5) is 31.9. The van der Waals surface area contributed by atoms with Crippen LogP contribution < -0.4 is 31.6 Å². The van der Waals surface area contributed by atoms with Crippen molar-refractivity contribution in [2.24, 2.45) is 11.5 Å². The van der Waals surface area contributed by atoms with Crippen LogP contribution in [0.3, 0.4) is 0 Å². The van der Waals surface area contributed by atoms with Crippen LogP contribution in [0.15, 0.2) is 127 Å². The van der Waals surface area contributed by atoms with Crippen LogP contribution in [0.5, 0.6) is 23.0 Å². The number of rotatable bonds is 15. The molecule has 3 aromatic carbocycles. The van der Waals surface area contributed by atoms with Gasteiger partial charge in [0.25, 0.3) is 11.8 Å². The van der Waals surface area contributed by atoms with Crippen molar-refractivity contribution in [3.05, 3.63) is 165 Å². The summed E-state index contributed by atoms with van der Waals surface area (Å²) < 4.78 is 49.7. The normalized spacial score (nSPS) is 10.9. The summed E-state index contributed by atoms with van der Waals surface area (Å²) >= 11 is 1.78.